The summed E-state index contributed by atoms with van der Waals surface area (Å²) in [5.41, 5.74) is 3.88. The largest absolute Gasteiger partial charge is 0.313 e. The van der Waals surface area contributed by atoms with Gasteiger partial charge in [-0.3, -0.25) is 0 Å². The summed E-state index contributed by atoms with van der Waals surface area (Å²) in [6.07, 6.45) is 8.41. The van der Waals surface area contributed by atoms with E-state index in [9.17, 15) is 0 Å². The van der Waals surface area contributed by atoms with Crippen LogP contribution in [0.2, 0.25) is 0 Å². The van der Waals surface area contributed by atoms with Crippen molar-refractivity contribution in [2.24, 2.45) is 5.92 Å². The first-order valence-electron chi connectivity index (χ1n) is 7.22. The van der Waals surface area contributed by atoms with Crippen molar-refractivity contribution in [3.8, 4) is 0 Å². The number of nitrogens with one attached hydrogen (secondary N) is 1. The molecular weight excluding hydrogens is 242 g/mol. The molecule has 0 amide bonds. The number of fused-ring (bicyclic) bond motifs is 1. The van der Waals surface area contributed by atoms with Gasteiger partial charge < -0.3 is 5.32 Å². The Bertz CT molecular complexity index is 440. The smallest absolute Gasteiger partial charge is 0.0144 e. The first kappa shape index (κ1) is 12.5. The summed E-state index contributed by atoms with van der Waals surface area (Å²) < 4.78 is 0. The summed E-state index contributed by atoms with van der Waals surface area (Å²) in [6.45, 7) is 1.23. The van der Waals surface area contributed by atoms with Gasteiger partial charge in [0.25, 0.3) is 0 Å². The van der Waals surface area contributed by atoms with Crippen LogP contribution in [-0.2, 0) is 11.8 Å². The summed E-state index contributed by atoms with van der Waals surface area (Å²) in [7, 11) is 0. The molecule has 3 atom stereocenters. The molecule has 18 heavy (non-hydrogen) atoms. The lowest BCUT2D eigenvalue weighted by Gasteiger charge is -2.56. The Labute approximate surface area is 116 Å². The molecule has 2 aliphatic carbocycles. The van der Waals surface area contributed by atoms with Gasteiger partial charge in [0.15, 0.2) is 0 Å². The summed E-state index contributed by atoms with van der Waals surface area (Å²) in [4.78, 5) is 0. The van der Waals surface area contributed by atoms with Crippen LogP contribution in [0.4, 0.5) is 0 Å². The Morgan fingerprint density at radius 2 is 2.00 bits per heavy atom. The molecule has 0 unspecified atom stereocenters. The van der Waals surface area contributed by atoms with Crippen LogP contribution in [0.25, 0.3) is 0 Å². The molecule has 98 valence electrons. The third-order valence-electron chi connectivity index (χ3n) is 5.55. The lowest BCUT2D eigenvalue weighted by Crippen LogP contribution is -2.59. The second kappa shape index (κ2) is 4.54. The van der Waals surface area contributed by atoms with E-state index in [4.69, 9.17) is 0 Å². The standard InChI is InChI=1S/C16H21N.ClH/c1-2-6-13-12(5-1)11-15-14-7-3-4-8-16(13,14)9-10-17-15;/h1-2,5-6,14-15,17H,3-4,7-11H2;1H/t14-,15+,16-;/m0./s1. The van der Waals surface area contributed by atoms with E-state index < -0.39 is 0 Å². The SMILES string of the molecule is Cl.c1ccc2c(c1)C[C@H]1NCC[C@@]23CCCC[C@@H]13. The van der Waals surface area contributed by atoms with Crippen LogP contribution in [0.15, 0.2) is 24.3 Å². The highest BCUT2D eigenvalue weighted by Gasteiger charge is 2.51. The van der Waals surface area contributed by atoms with E-state index in [1.807, 2.05) is 0 Å². The minimum Gasteiger partial charge on any atom is -0.313 e. The maximum absolute atomic E-state index is 3.79. The van der Waals surface area contributed by atoms with Crippen LogP contribution in [-0.4, -0.2) is 12.6 Å². The minimum atomic E-state index is 0. The Kier molecular flexibility index (Phi) is 3.15. The monoisotopic (exact) mass is 263 g/mol. The van der Waals surface area contributed by atoms with Gasteiger partial charge in [0.1, 0.15) is 0 Å². The van der Waals surface area contributed by atoms with Crippen molar-refractivity contribution in [1.29, 1.82) is 0 Å². The van der Waals surface area contributed by atoms with Gasteiger partial charge in [-0.05, 0) is 49.3 Å². The lowest BCUT2D eigenvalue weighted by molar-refractivity contribution is 0.0798. The first-order valence-corrected chi connectivity index (χ1v) is 7.22. The zero-order valence-electron chi connectivity index (χ0n) is 10.8. The van der Waals surface area contributed by atoms with Gasteiger partial charge in [-0.1, -0.05) is 37.1 Å². The predicted molar refractivity (Wildman–Crippen MR) is 77.4 cm³/mol. The molecule has 2 bridgehead atoms. The summed E-state index contributed by atoms with van der Waals surface area (Å²) >= 11 is 0. The quantitative estimate of drug-likeness (QED) is 0.756. The maximum Gasteiger partial charge on any atom is 0.0144 e. The fourth-order valence-electron chi connectivity index (χ4n) is 4.89. The maximum atomic E-state index is 3.79. The van der Waals surface area contributed by atoms with Crippen LogP contribution in [0.5, 0.6) is 0 Å². The number of hydrogen-bond acceptors (Lipinski definition) is 1. The molecule has 2 heteroatoms. The number of rotatable bonds is 0. The Balaban J connectivity index is 0.000001000. The number of piperidine rings is 1. The van der Waals surface area contributed by atoms with Gasteiger partial charge in [0.05, 0.1) is 0 Å². The molecule has 0 radical (unpaired) electrons. The predicted octanol–water partition coefficient (Wildman–Crippen LogP) is 3.45. The molecule has 1 saturated carbocycles. The molecule has 1 heterocycles. The molecule has 1 aromatic carbocycles. The van der Waals surface area contributed by atoms with E-state index in [-0.39, 0.29) is 12.4 Å². The molecule has 1 aliphatic heterocycles. The lowest BCUT2D eigenvalue weighted by atomic mass is 9.53. The van der Waals surface area contributed by atoms with Crippen LogP contribution in [0.3, 0.4) is 0 Å². The minimum absolute atomic E-state index is 0. The van der Waals surface area contributed by atoms with Crippen molar-refractivity contribution < 1.29 is 0 Å². The average Bonchev–Trinajstić information content (AvgIpc) is 2.39. The van der Waals surface area contributed by atoms with Gasteiger partial charge in [-0.15, -0.1) is 12.4 Å². The van der Waals surface area contributed by atoms with Crippen LogP contribution < -0.4 is 5.32 Å². The highest BCUT2D eigenvalue weighted by Crippen LogP contribution is 2.53. The molecule has 2 fully saturated rings. The van der Waals surface area contributed by atoms with Crippen LogP contribution in [0.1, 0.15) is 43.2 Å². The topological polar surface area (TPSA) is 12.0 Å². The van der Waals surface area contributed by atoms with Crippen LogP contribution in [0, 0.1) is 5.92 Å². The molecular formula is C16H22ClN. The molecule has 1 N–H and O–H groups in total. The number of halogens is 1. The summed E-state index contributed by atoms with van der Waals surface area (Å²) in [5.74, 6) is 0.917. The number of hydrogen-bond donors (Lipinski definition) is 1. The molecule has 3 aliphatic rings. The Morgan fingerprint density at radius 3 is 2.94 bits per heavy atom. The Hall–Kier alpha value is -0.530. The van der Waals surface area contributed by atoms with E-state index in [1.165, 1.54) is 45.1 Å². The first-order chi connectivity index (χ1) is 8.40. The normalized spacial score (nSPS) is 37.1. The van der Waals surface area contributed by atoms with Crippen molar-refractivity contribution in [2.75, 3.05) is 6.54 Å². The Morgan fingerprint density at radius 1 is 1.11 bits per heavy atom. The zero-order valence-corrected chi connectivity index (χ0v) is 11.6. The van der Waals surface area contributed by atoms with Gasteiger partial charge >= 0.3 is 0 Å². The molecule has 1 nitrogen and oxygen atoms in total. The van der Waals surface area contributed by atoms with Crippen molar-refractivity contribution in [3.05, 3.63) is 35.4 Å². The van der Waals surface area contributed by atoms with Gasteiger partial charge in [-0.2, -0.15) is 0 Å². The summed E-state index contributed by atoms with van der Waals surface area (Å²) in [5, 5.41) is 3.79. The fraction of sp³-hybridized carbons (Fsp3) is 0.625. The third kappa shape index (κ3) is 1.57. The van der Waals surface area contributed by atoms with Crippen LogP contribution >= 0.6 is 12.4 Å². The van der Waals surface area contributed by atoms with E-state index in [1.54, 1.807) is 11.1 Å². The number of benzene rings is 1. The summed E-state index contributed by atoms with van der Waals surface area (Å²) in [6, 6.07) is 10.0. The van der Waals surface area contributed by atoms with Gasteiger partial charge in [0.2, 0.25) is 0 Å². The second-order valence-corrected chi connectivity index (χ2v) is 6.18. The van der Waals surface area contributed by atoms with E-state index >= 15 is 0 Å². The highest BCUT2D eigenvalue weighted by atomic mass is 35.5. The van der Waals surface area contributed by atoms with Gasteiger partial charge in [-0.25, -0.2) is 0 Å². The molecule has 0 spiro atoms. The third-order valence-corrected chi connectivity index (χ3v) is 5.55. The zero-order chi connectivity index (χ0) is 11.3. The molecule has 1 aromatic rings. The highest BCUT2D eigenvalue weighted by molar-refractivity contribution is 5.85. The van der Waals surface area contributed by atoms with Crippen molar-refractivity contribution >= 4 is 12.4 Å². The van der Waals surface area contributed by atoms with Crippen molar-refractivity contribution in [2.45, 2.75) is 50.0 Å². The van der Waals surface area contributed by atoms with Gasteiger partial charge in [0, 0.05) is 11.5 Å². The molecule has 1 saturated heterocycles. The van der Waals surface area contributed by atoms with Crippen molar-refractivity contribution in [3.63, 3.8) is 0 Å². The average molecular weight is 264 g/mol. The molecule has 0 aromatic heterocycles. The van der Waals surface area contributed by atoms with Crippen molar-refractivity contribution in [1.82, 2.24) is 5.32 Å². The fourth-order valence-corrected chi connectivity index (χ4v) is 4.89. The van der Waals surface area contributed by atoms with E-state index in [0.29, 0.717) is 5.41 Å². The van der Waals surface area contributed by atoms with E-state index in [2.05, 4.69) is 29.6 Å². The van der Waals surface area contributed by atoms with E-state index in [0.717, 1.165) is 12.0 Å². The molecule has 4 rings (SSSR count). The second-order valence-electron chi connectivity index (χ2n) is 6.18.